The summed E-state index contributed by atoms with van der Waals surface area (Å²) in [6.45, 7) is 4.23. The number of hydrogen-bond acceptors (Lipinski definition) is 3. The summed E-state index contributed by atoms with van der Waals surface area (Å²) in [4.78, 5) is 22.9. The standard InChI is InChI=1S/C11H19NO4/c1-3-9-16-11(15)12(2)8-6-4-5-7-10(13)14/h3H,1,4-9H2,2H3,(H,13,14). The van der Waals surface area contributed by atoms with Crippen LogP contribution in [0.2, 0.25) is 0 Å². The molecule has 0 radical (unpaired) electrons. The van der Waals surface area contributed by atoms with Crippen molar-refractivity contribution < 1.29 is 19.4 Å². The summed E-state index contributed by atoms with van der Waals surface area (Å²) in [5, 5.41) is 8.41. The van der Waals surface area contributed by atoms with Crippen LogP contribution in [0.25, 0.3) is 0 Å². The Labute approximate surface area is 95.7 Å². The molecular weight excluding hydrogens is 210 g/mol. The number of carboxylic acid groups (broad SMARTS) is 1. The van der Waals surface area contributed by atoms with E-state index in [0.717, 1.165) is 12.8 Å². The molecule has 0 rings (SSSR count). The maximum Gasteiger partial charge on any atom is 0.409 e. The molecule has 0 unspecified atom stereocenters. The van der Waals surface area contributed by atoms with Gasteiger partial charge in [-0.1, -0.05) is 19.1 Å². The Morgan fingerprint density at radius 3 is 2.62 bits per heavy atom. The molecule has 1 N–H and O–H groups in total. The minimum atomic E-state index is -0.779. The second-order valence-corrected chi connectivity index (χ2v) is 3.49. The summed E-state index contributed by atoms with van der Waals surface area (Å²) in [7, 11) is 1.66. The van der Waals surface area contributed by atoms with Crippen molar-refractivity contribution in [2.24, 2.45) is 0 Å². The summed E-state index contributed by atoms with van der Waals surface area (Å²) >= 11 is 0. The van der Waals surface area contributed by atoms with E-state index in [1.54, 1.807) is 7.05 Å². The molecule has 0 aliphatic carbocycles. The average Bonchev–Trinajstić information content (AvgIpc) is 2.24. The molecule has 0 bridgehead atoms. The van der Waals surface area contributed by atoms with Crippen LogP contribution in [0.3, 0.4) is 0 Å². The predicted molar refractivity (Wildman–Crippen MR) is 60.3 cm³/mol. The quantitative estimate of drug-likeness (QED) is 0.510. The molecule has 0 aliphatic heterocycles. The highest BCUT2D eigenvalue weighted by Gasteiger charge is 2.08. The van der Waals surface area contributed by atoms with Gasteiger partial charge in [-0.3, -0.25) is 4.79 Å². The topological polar surface area (TPSA) is 66.8 Å². The summed E-state index contributed by atoms with van der Waals surface area (Å²) < 4.78 is 4.82. The second-order valence-electron chi connectivity index (χ2n) is 3.49. The zero-order chi connectivity index (χ0) is 12.4. The minimum absolute atomic E-state index is 0.185. The predicted octanol–water partition coefficient (Wildman–Crippen LogP) is 1.89. The molecule has 5 nitrogen and oxygen atoms in total. The molecule has 0 atom stereocenters. The van der Waals surface area contributed by atoms with Gasteiger partial charge in [-0.05, 0) is 12.8 Å². The Bertz CT molecular complexity index is 240. The van der Waals surface area contributed by atoms with Crippen molar-refractivity contribution in [1.82, 2.24) is 4.90 Å². The van der Waals surface area contributed by atoms with E-state index in [-0.39, 0.29) is 19.1 Å². The Kier molecular flexibility index (Phi) is 7.93. The first-order valence-corrected chi connectivity index (χ1v) is 5.28. The third kappa shape index (κ3) is 7.84. The molecule has 5 heteroatoms. The van der Waals surface area contributed by atoms with Crippen molar-refractivity contribution in [3.63, 3.8) is 0 Å². The lowest BCUT2D eigenvalue weighted by molar-refractivity contribution is -0.137. The smallest absolute Gasteiger partial charge is 0.409 e. The van der Waals surface area contributed by atoms with Crippen LogP contribution in [0.4, 0.5) is 4.79 Å². The van der Waals surface area contributed by atoms with Gasteiger partial charge in [0.15, 0.2) is 0 Å². The van der Waals surface area contributed by atoms with Crippen molar-refractivity contribution in [3.8, 4) is 0 Å². The van der Waals surface area contributed by atoms with E-state index in [4.69, 9.17) is 9.84 Å². The van der Waals surface area contributed by atoms with E-state index in [9.17, 15) is 9.59 Å². The maximum atomic E-state index is 11.2. The van der Waals surface area contributed by atoms with Crippen LogP contribution < -0.4 is 0 Å². The third-order valence-corrected chi connectivity index (χ3v) is 2.02. The number of amides is 1. The van der Waals surface area contributed by atoms with E-state index >= 15 is 0 Å². The zero-order valence-corrected chi connectivity index (χ0v) is 9.65. The Hall–Kier alpha value is -1.52. The van der Waals surface area contributed by atoms with Crippen LogP contribution >= 0.6 is 0 Å². The van der Waals surface area contributed by atoms with Gasteiger partial charge in [-0.2, -0.15) is 0 Å². The van der Waals surface area contributed by atoms with Gasteiger partial charge in [-0.15, -0.1) is 0 Å². The molecule has 0 aromatic carbocycles. The van der Waals surface area contributed by atoms with Gasteiger partial charge < -0.3 is 14.7 Å². The third-order valence-electron chi connectivity index (χ3n) is 2.02. The SMILES string of the molecule is C=CCOC(=O)N(C)CCCCCC(=O)O. The lowest BCUT2D eigenvalue weighted by Crippen LogP contribution is -2.28. The Morgan fingerprint density at radius 1 is 1.38 bits per heavy atom. The van der Waals surface area contributed by atoms with E-state index in [1.807, 2.05) is 0 Å². The molecule has 0 aromatic rings. The van der Waals surface area contributed by atoms with Gasteiger partial charge in [0, 0.05) is 20.0 Å². The first-order valence-electron chi connectivity index (χ1n) is 5.28. The van der Waals surface area contributed by atoms with Crippen LogP contribution in [0.1, 0.15) is 25.7 Å². The van der Waals surface area contributed by atoms with Gasteiger partial charge >= 0.3 is 12.1 Å². The number of rotatable bonds is 8. The monoisotopic (exact) mass is 229 g/mol. The van der Waals surface area contributed by atoms with Gasteiger partial charge in [0.25, 0.3) is 0 Å². The molecule has 0 aromatic heterocycles. The maximum absolute atomic E-state index is 11.2. The average molecular weight is 229 g/mol. The molecule has 0 saturated heterocycles. The van der Waals surface area contributed by atoms with Crippen LogP contribution in [-0.4, -0.2) is 42.3 Å². The van der Waals surface area contributed by atoms with Crippen molar-refractivity contribution in [2.75, 3.05) is 20.2 Å². The summed E-state index contributed by atoms with van der Waals surface area (Å²) in [6.07, 6.45) is 3.55. The van der Waals surface area contributed by atoms with Crippen molar-refractivity contribution in [2.45, 2.75) is 25.7 Å². The Morgan fingerprint density at radius 2 is 2.06 bits per heavy atom. The molecule has 0 fully saturated rings. The minimum Gasteiger partial charge on any atom is -0.481 e. The number of carboxylic acids is 1. The van der Waals surface area contributed by atoms with Crippen LogP contribution in [0.15, 0.2) is 12.7 Å². The van der Waals surface area contributed by atoms with Crippen LogP contribution in [0, 0.1) is 0 Å². The highest BCUT2D eigenvalue weighted by atomic mass is 16.6. The lowest BCUT2D eigenvalue weighted by atomic mass is 10.2. The van der Waals surface area contributed by atoms with E-state index < -0.39 is 5.97 Å². The zero-order valence-electron chi connectivity index (χ0n) is 9.65. The van der Waals surface area contributed by atoms with Crippen molar-refractivity contribution in [1.29, 1.82) is 0 Å². The van der Waals surface area contributed by atoms with E-state index in [2.05, 4.69) is 6.58 Å². The molecule has 1 amide bonds. The fourth-order valence-electron chi connectivity index (χ4n) is 1.13. The van der Waals surface area contributed by atoms with Gasteiger partial charge in [0.1, 0.15) is 6.61 Å². The van der Waals surface area contributed by atoms with Crippen molar-refractivity contribution in [3.05, 3.63) is 12.7 Å². The number of aliphatic carboxylic acids is 1. The number of carbonyl (C=O) groups excluding carboxylic acids is 1. The second kappa shape index (κ2) is 8.76. The number of carbonyl (C=O) groups is 2. The number of ether oxygens (including phenoxy) is 1. The van der Waals surface area contributed by atoms with E-state index in [0.29, 0.717) is 13.0 Å². The Balaban J connectivity index is 3.49. The largest absolute Gasteiger partial charge is 0.481 e. The number of nitrogens with zero attached hydrogens (tertiary/aromatic N) is 1. The molecule has 0 heterocycles. The van der Waals surface area contributed by atoms with Crippen LogP contribution in [-0.2, 0) is 9.53 Å². The lowest BCUT2D eigenvalue weighted by Gasteiger charge is -2.15. The highest BCUT2D eigenvalue weighted by molar-refractivity contribution is 5.67. The molecular formula is C11H19NO4. The van der Waals surface area contributed by atoms with Crippen LogP contribution in [0.5, 0.6) is 0 Å². The molecule has 0 aliphatic rings. The molecule has 0 spiro atoms. The number of unbranched alkanes of at least 4 members (excludes halogenated alkanes) is 2. The molecule has 16 heavy (non-hydrogen) atoms. The van der Waals surface area contributed by atoms with E-state index in [1.165, 1.54) is 11.0 Å². The molecule has 92 valence electrons. The number of hydrogen-bond donors (Lipinski definition) is 1. The summed E-state index contributed by atoms with van der Waals surface area (Å²) in [5.41, 5.74) is 0. The molecule has 0 saturated carbocycles. The normalized spacial score (nSPS) is 9.56. The summed E-state index contributed by atoms with van der Waals surface area (Å²) in [5.74, 6) is -0.779. The van der Waals surface area contributed by atoms with Gasteiger partial charge in [0.05, 0.1) is 0 Å². The van der Waals surface area contributed by atoms with Gasteiger partial charge in [-0.25, -0.2) is 4.79 Å². The first-order chi connectivity index (χ1) is 7.57. The fourth-order valence-corrected chi connectivity index (χ4v) is 1.13. The first kappa shape index (κ1) is 14.5. The highest BCUT2D eigenvalue weighted by Crippen LogP contribution is 2.02. The summed E-state index contributed by atoms with van der Waals surface area (Å²) in [6, 6.07) is 0. The van der Waals surface area contributed by atoms with Gasteiger partial charge in [0.2, 0.25) is 0 Å². The fraction of sp³-hybridized carbons (Fsp3) is 0.636. The van der Waals surface area contributed by atoms with Crippen molar-refractivity contribution >= 4 is 12.1 Å².